The van der Waals surface area contributed by atoms with Crippen molar-refractivity contribution in [2.75, 3.05) is 28.3 Å². The Bertz CT molecular complexity index is 811. The molecule has 1 aliphatic heterocycles. The number of halogens is 1. The third-order valence-electron chi connectivity index (χ3n) is 4.05. The molecule has 0 aliphatic carbocycles. The van der Waals surface area contributed by atoms with Crippen molar-refractivity contribution in [2.45, 2.75) is 19.4 Å². The Hall–Kier alpha value is -2.22. The average Bonchev–Trinajstić information content (AvgIpc) is 2.91. The highest BCUT2D eigenvalue weighted by Gasteiger charge is 2.32. The van der Waals surface area contributed by atoms with Crippen molar-refractivity contribution in [1.82, 2.24) is 9.97 Å². The van der Waals surface area contributed by atoms with Crippen LogP contribution in [0.2, 0.25) is 0 Å². The summed E-state index contributed by atoms with van der Waals surface area (Å²) >= 11 is 0. The van der Waals surface area contributed by atoms with E-state index in [4.69, 9.17) is 0 Å². The normalized spacial score (nSPS) is 19.2. The van der Waals surface area contributed by atoms with Crippen LogP contribution in [0.25, 0.3) is 0 Å². The monoisotopic (exact) mass is 350 g/mol. The van der Waals surface area contributed by atoms with Crippen LogP contribution in [0, 0.1) is 5.82 Å². The lowest BCUT2D eigenvalue weighted by Crippen LogP contribution is -2.36. The molecule has 0 spiro atoms. The van der Waals surface area contributed by atoms with Gasteiger partial charge in [-0.1, -0.05) is 0 Å². The molecule has 0 amide bonds. The van der Waals surface area contributed by atoms with Crippen LogP contribution in [-0.4, -0.2) is 42.5 Å². The first kappa shape index (κ1) is 16.6. The summed E-state index contributed by atoms with van der Waals surface area (Å²) in [6, 6.07) is 7.70. The number of anilines is 3. The fourth-order valence-electron chi connectivity index (χ4n) is 2.88. The van der Waals surface area contributed by atoms with Crippen molar-refractivity contribution in [1.29, 1.82) is 0 Å². The molecule has 1 aromatic heterocycles. The highest BCUT2D eigenvalue weighted by atomic mass is 32.2. The van der Waals surface area contributed by atoms with Crippen LogP contribution in [0.1, 0.15) is 13.3 Å². The minimum Gasteiger partial charge on any atom is -0.353 e. The molecule has 1 saturated heterocycles. The summed E-state index contributed by atoms with van der Waals surface area (Å²) < 4.78 is 36.4. The molecule has 3 rings (SSSR count). The Kier molecular flexibility index (Phi) is 4.66. The maximum absolute atomic E-state index is 13.0. The largest absolute Gasteiger partial charge is 0.353 e. The van der Waals surface area contributed by atoms with Crippen molar-refractivity contribution >= 4 is 27.2 Å². The Morgan fingerprint density at radius 3 is 2.67 bits per heavy atom. The smallest absolute Gasteiger partial charge is 0.152 e. The molecule has 1 N–H and O–H groups in total. The quantitative estimate of drug-likeness (QED) is 0.892. The predicted molar refractivity (Wildman–Crippen MR) is 91.8 cm³/mol. The van der Waals surface area contributed by atoms with Crippen LogP contribution in [-0.2, 0) is 9.84 Å². The van der Waals surface area contributed by atoms with Gasteiger partial charge in [-0.25, -0.2) is 22.8 Å². The second-order valence-electron chi connectivity index (χ2n) is 5.74. The van der Waals surface area contributed by atoms with Crippen molar-refractivity contribution < 1.29 is 12.8 Å². The van der Waals surface area contributed by atoms with E-state index in [1.807, 2.05) is 11.8 Å². The fraction of sp³-hybridized carbons (Fsp3) is 0.375. The highest BCUT2D eigenvalue weighted by Crippen LogP contribution is 2.24. The molecule has 0 saturated carbocycles. The standard InChI is InChI=1S/C16H19FN4O2S/c1-2-21(14-7-8-24(22,23)10-14)16-9-15(18-11-19-16)20-13-5-3-12(17)4-6-13/h3-6,9,11,14H,2,7-8,10H2,1H3,(H,18,19,20). The van der Waals surface area contributed by atoms with E-state index in [1.165, 1.54) is 18.5 Å². The zero-order chi connectivity index (χ0) is 17.2. The van der Waals surface area contributed by atoms with Gasteiger partial charge in [0.1, 0.15) is 23.8 Å². The van der Waals surface area contributed by atoms with Crippen LogP contribution in [0.3, 0.4) is 0 Å². The molecule has 1 fully saturated rings. The van der Waals surface area contributed by atoms with Gasteiger partial charge in [-0.3, -0.25) is 0 Å². The average molecular weight is 350 g/mol. The lowest BCUT2D eigenvalue weighted by molar-refractivity contribution is 0.599. The van der Waals surface area contributed by atoms with Gasteiger partial charge in [-0.05, 0) is 37.6 Å². The molecule has 0 bridgehead atoms. The lowest BCUT2D eigenvalue weighted by Gasteiger charge is -2.28. The molecule has 128 valence electrons. The van der Waals surface area contributed by atoms with E-state index in [0.29, 0.717) is 30.3 Å². The van der Waals surface area contributed by atoms with Gasteiger partial charge < -0.3 is 10.2 Å². The van der Waals surface area contributed by atoms with Crippen molar-refractivity contribution in [3.8, 4) is 0 Å². The van der Waals surface area contributed by atoms with Crippen LogP contribution < -0.4 is 10.2 Å². The molecule has 2 heterocycles. The number of nitrogens with zero attached hydrogens (tertiary/aromatic N) is 3. The number of rotatable bonds is 5. The van der Waals surface area contributed by atoms with Gasteiger partial charge in [0.2, 0.25) is 0 Å². The molecule has 1 atom stereocenters. The molecule has 6 nitrogen and oxygen atoms in total. The first-order valence-corrected chi connectivity index (χ1v) is 9.60. The summed E-state index contributed by atoms with van der Waals surface area (Å²) in [5, 5.41) is 3.09. The van der Waals surface area contributed by atoms with Crippen molar-refractivity contribution in [2.24, 2.45) is 0 Å². The van der Waals surface area contributed by atoms with Gasteiger partial charge in [0, 0.05) is 24.3 Å². The number of aromatic nitrogens is 2. The summed E-state index contributed by atoms with van der Waals surface area (Å²) in [6.07, 6.45) is 2.05. The first-order chi connectivity index (χ1) is 11.5. The summed E-state index contributed by atoms with van der Waals surface area (Å²) in [4.78, 5) is 10.4. The number of hydrogen-bond donors (Lipinski definition) is 1. The maximum atomic E-state index is 13.0. The van der Waals surface area contributed by atoms with Crippen molar-refractivity contribution in [3.05, 3.63) is 42.5 Å². The molecule has 1 aromatic carbocycles. The van der Waals surface area contributed by atoms with E-state index in [1.54, 1.807) is 18.2 Å². The SMILES string of the molecule is CCN(c1cc(Nc2ccc(F)cc2)ncn1)C1CCS(=O)(=O)C1. The summed E-state index contributed by atoms with van der Waals surface area (Å²) in [6.45, 7) is 2.63. The van der Waals surface area contributed by atoms with Gasteiger partial charge in [0.25, 0.3) is 0 Å². The number of benzene rings is 1. The third-order valence-corrected chi connectivity index (χ3v) is 5.80. The summed E-state index contributed by atoms with van der Waals surface area (Å²) in [5.41, 5.74) is 0.715. The molecule has 1 unspecified atom stereocenters. The minimum absolute atomic E-state index is 0.0615. The van der Waals surface area contributed by atoms with Gasteiger partial charge in [0.15, 0.2) is 9.84 Å². The van der Waals surface area contributed by atoms with E-state index < -0.39 is 9.84 Å². The van der Waals surface area contributed by atoms with Crippen LogP contribution in [0.4, 0.5) is 21.7 Å². The summed E-state index contributed by atoms with van der Waals surface area (Å²) in [7, 11) is -2.96. The molecular formula is C16H19FN4O2S. The van der Waals surface area contributed by atoms with Crippen LogP contribution in [0.5, 0.6) is 0 Å². The van der Waals surface area contributed by atoms with Gasteiger partial charge in [0.05, 0.1) is 11.5 Å². The van der Waals surface area contributed by atoms with E-state index in [2.05, 4.69) is 15.3 Å². The molecule has 8 heteroatoms. The first-order valence-electron chi connectivity index (χ1n) is 7.78. The molecule has 2 aromatic rings. The van der Waals surface area contributed by atoms with E-state index in [0.717, 1.165) is 0 Å². The summed E-state index contributed by atoms with van der Waals surface area (Å²) in [5.74, 6) is 1.33. The predicted octanol–water partition coefficient (Wildman–Crippen LogP) is 2.37. The van der Waals surface area contributed by atoms with E-state index in [9.17, 15) is 12.8 Å². The lowest BCUT2D eigenvalue weighted by atomic mass is 10.2. The number of sulfone groups is 1. The van der Waals surface area contributed by atoms with E-state index >= 15 is 0 Å². The second-order valence-corrected chi connectivity index (χ2v) is 7.96. The molecule has 24 heavy (non-hydrogen) atoms. The Balaban J connectivity index is 1.79. The van der Waals surface area contributed by atoms with E-state index in [-0.39, 0.29) is 23.4 Å². The third kappa shape index (κ3) is 3.81. The number of nitrogens with one attached hydrogen (secondary N) is 1. The molecule has 1 aliphatic rings. The maximum Gasteiger partial charge on any atom is 0.152 e. The number of hydrogen-bond acceptors (Lipinski definition) is 6. The Labute approximate surface area is 140 Å². The van der Waals surface area contributed by atoms with Crippen LogP contribution in [0.15, 0.2) is 36.7 Å². The highest BCUT2D eigenvalue weighted by molar-refractivity contribution is 7.91. The zero-order valence-corrected chi connectivity index (χ0v) is 14.1. The van der Waals surface area contributed by atoms with Crippen LogP contribution >= 0.6 is 0 Å². The fourth-order valence-corrected chi connectivity index (χ4v) is 4.61. The Morgan fingerprint density at radius 1 is 1.29 bits per heavy atom. The Morgan fingerprint density at radius 2 is 2.04 bits per heavy atom. The van der Waals surface area contributed by atoms with Gasteiger partial charge in [-0.2, -0.15) is 0 Å². The zero-order valence-electron chi connectivity index (χ0n) is 13.3. The second kappa shape index (κ2) is 6.72. The molecule has 0 radical (unpaired) electrons. The van der Waals surface area contributed by atoms with Crippen molar-refractivity contribution in [3.63, 3.8) is 0 Å². The van der Waals surface area contributed by atoms with Gasteiger partial charge >= 0.3 is 0 Å². The minimum atomic E-state index is -2.96. The van der Waals surface area contributed by atoms with Gasteiger partial charge in [-0.15, -0.1) is 0 Å². The molecular weight excluding hydrogens is 331 g/mol. The topological polar surface area (TPSA) is 75.2 Å².